The first-order valence-corrected chi connectivity index (χ1v) is 10.6. The molecular formula is C19H17ClFN3O3S2. The Labute approximate surface area is 179 Å². The summed E-state index contributed by atoms with van der Waals surface area (Å²) in [6.45, 7) is 5.50. The van der Waals surface area contributed by atoms with E-state index in [0.29, 0.717) is 43.8 Å². The van der Waals surface area contributed by atoms with E-state index in [1.165, 1.54) is 35.0 Å². The van der Waals surface area contributed by atoms with Gasteiger partial charge in [0.05, 0.1) is 33.6 Å². The molecule has 0 fully saturated rings. The molecule has 0 atom stereocenters. The van der Waals surface area contributed by atoms with Crippen molar-refractivity contribution in [3.05, 3.63) is 60.8 Å². The van der Waals surface area contributed by atoms with Crippen molar-refractivity contribution in [1.82, 2.24) is 9.36 Å². The van der Waals surface area contributed by atoms with Crippen molar-refractivity contribution in [2.75, 3.05) is 11.9 Å². The first kappa shape index (κ1) is 21.4. The van der Waals surface area contributed by atoms with Gasteiger partial charge in [-0.25, -0.2) is 14.2 Å². The van der Waals surface area contributed by atoms with Crippen molar-refractivity contribution in [2.24, 2.45) is 0 Å². The van der Waals surface area contributed by atoms with Gasteiger partial charge in [-0.2, -0.15) is 4.37 Å². The molecule has 0 aliphatic rings. The van der Waals surface area contributed by atoms with Gasteiger partial charge in [-0.1, -0.05) is 11.6 Å². The Kier molecular flexibility index (Phi) is 6.61. The normalized spacial score (nSPS) is 10.8. The lowest BCUT2D eigenvalue weighted by Crippen LogP contribution is -2.14. The number of aryl methyl sites for hydroxylation is 2. The van der Waals surface area contributed by atoms with Crippen molar-refractivity contribution in [1.29, 1.82) is 0 Å². The Hall–Kier alpha value is -2.36. The highest BCUT2D eigenvalue weighted by Gasteiger charge is 2.22. The molecule has 2 aromatic heterocycles. The fourth-order valence-electron chi connectivity index (χ4n) is 2.65. The van der Waals surface area contributed by atoms with Gasteiger partial charge in [0, 0.05) is 17.0 Å². The van der Waals surface area contributed by atoms with Gasteiger partial charge in [-0.3, -0.25) is 4.79 Å². The minimum Gasteiger partial charge on any atom is -0.462 e. The van der Waals surface area contributed by atoms with Crippen LogP contribution in [0.4, 0.5) is 10.1 Å². The largest absolute Gasteiger partial charge is 0.462 e. The average Bonchev–Trinajstić information content (AvgIpc) is 3.21. The lowest BCUT2D eigenvalue weighted by molar-refractivity contribution is 0.0531. The molecule has 3 aromatic rings. The van der Waals surface area contributed by atoms with E-state index in [4.69, 9.17) is 16.3 Å². The summed E-state index contributed by atoms with van der Waals surface area (Å²) in [5.41, 5.74) is 1.86. The number of nitrogens with zero attached hydrogens (tertiary/aromatic N) is 2. The Morgan fingerprint density at radius 2 is 2.03 bits per heavy atom. The van der Waals surface area contributed by atoms with E-state index < -0.39 is 17.7 Å². The van der Waals surface area contributed by atoms with Crippen LogP contribution >= 0.6 is 34.5 Å². The second-order valence-corrected chi connectivity index (χ2v) is 8.42. The molecule has 0 spiro atoms. The molecule has 0 aliphatic carbocycles. The number of carbonyl (C=O) groups excluding carboxylic acids is 2. The van der Waals surface area contributed by atoms with Gasteiger partial charge in [-0.05, 0) is 50.5 Å². The molecule has 2 heterocycles. The molecule has 1 aromatic carbocycles. The Morgan fingerprint density at radius 1 is 1.28 bits per heavy atom. The number of anilines is 1. The third-order valence-electron chi connectivity index (χ3n) is 3.95. The zero-order valence-corrected chi connectivity index (χ0v) is 18.2. The molecule has 152 valence electrons. The smallest absolute Gasteiger partial charge is 0.350 e. The molecule has 6 nitrogen and oxygen atoms in total. The van der Waals surface area contributed by atoms with Crippen molar-refractivity contribution < 1.29 is 18.7 Å². The summed E-state index contributed by atoms with van der Waals surface area (Å²) in [4.78, 5) is 30.4. The summed E-state index contributed by atoms with van der Waals surface area (Å²) in [5.74, 6) is -1.42. The van der Waals surface area contributed by atoms with Gasteiger partial charge in [0.1, 0.15) is 10.7 Å². The molecule has 10 heteroatoms. The molecule has 0 radical (unpaired) electrons. The zero-order valence-electron chi connectivity index (χ0n) is 15.8. The van der Waals surface area contributed by atoms with Crippen molar-refractivity contribution >= 4 is 52.0 Å². The fraction of sp³-hybridized carbons (Fsp3) is 0.263. The van der Waals surface area contributed by atoms with Gasteiger partial charge >= 0.3 is 5.97 Å². The monoisotopic (exact) mass is 453 g/mol. The van der Waals surface area contributed by atoms with Crippen LogP contribution < -0.4 is 5.32 Å². The first-order chi connectivity index (χ1) is 13.8. The summed E-state index contributed by atoms with van der Waals surface area (Å²) < 4.78 is 23.0. The van der Waals surface area contributed by atoms with Gasteiger partial charge < -0.3 is 10.1 Å². The third-order valence-corrected chi connectivity index (χ3v) is 6.33. The van der Waals surface area contributed by atoms with Gasteiger partial charge in [-0.15, -0.1) is 11.3 Å². The predicted octanol–water partition coefficient (Wildman–Crippen LogP) is 5.03. The molecule has 0 aliphatic heterocycles. The molecule has 1 amide bonds. The number of nitrogens with one attached hydrogen (secondary N) is 1. The van der Waals surface area contributed by atoms with Crippen LogP contribution in [0.15, 0.2) is 18.2 Å². The molecule has 1 N–H and O–H groups in total. The number of hydrogen-bond donors (Lipinski definition) is 1. The summed E-state index contributed by atoms with van der Waals surface area (Å²) >= 11 is 8.11. The lowest BCUT2D eigenvalue weighted by Gasteiger charge is -2.07. The Morgan fingerprint density at radius 3 is 2.72 bits per heavy atom. The fourth-order valence-corrected chi connectivity index (χ4v) is 4.70. The van der Waals surface area contributed by atoms with Crippen molar-refractivity contribution in [2.45, 2.75) is 27.2 Å². The van der Waals surface area contributed by atoms with E-state index in [9.17, 15) is 14.0 Å². The second-order valence-electron chi connectivity index (χ2n) is 6.07. The summed E-state index contributed by atoms with van der Waals surface area (Å²) in [5, 5.41) is 3.33. The number of aromatic nitrogens is 2. The van der Waals surface area contributed by atoms with Gasteiger partial charge in [0.15, 0.2) is 0 Å². The Balaban J connectivity index is 1.82. The SMILES string of the molecule is CCOC(=O)c1sc(Cc2snc(C)c2C(=O)Nc2ccc(Cl)c(F)c2)nc1C. The number of ether oxygens (including phenoxy) is 1. The quantitative estimate of drug-likeness (QED) is 0.529. The number of benzene rings is 1. The van der Waals surface area contributed by atoms with E-state index >= 15 is 0 Å². The standard InChI is InChI=1S/C19H17ClFN3O3S2/c1-4-27-19(26)17-10(3)22-15(28-17)8-14-16(9(2)24-29-14)18(25)23-11-5-6-12(20)13(21)7-11/h5-7H,4,8H2,1-3H3,(H,23,25). The number of thiazole rings is 1. The molecule has 3 rings (SSSR count). The second kappa shape index (κ2) is 8.98. The van der Waals surface area contributed by atoms with Crippen molar-refractivity contribution in [3.8, 4) is 0 Å². The van der Waals surface area contributed by atoms with Crippen LogP contribution in [0, 0.1) is 19.7 Å². The molecule has 0 saturated heterocycles. The highest BCUT2D eigenvalue weighted by Crippen LogP contribution is 2.27. The van der Waals surface area contributed by atoms with Crippen molar-refractivity contribution in [3.63, 3.8) is 0 Å². The number of hydrogen-bond acceptors (Lipinski definition) is 7. The average molecular weight is 454 g/mol. The molecule has 0 bridgehead atoms. The highest BCUT2D eigenvalue weighted by molar-refractivity contribution is 7.14. The number of halogens is 2. The van der Waals surface area contributed by atoms with E-state index in [-0.39, 0.29) is 11.6 Å². The maximum atomic E-state index is 13.6. The maximum absolute atomic E-state index is 13.6. The highest BCUT2D eigenvalue weighted by atomic mass is 35.5. The van der Waals surface area contributed by atoms with Crippen LogP contribution in [0.1, 0.15) is 48.2 Å². The van der Waals surface area contributed by atoms with Crippen LogP contribution in [0.3, 0.4) is 0 Å². The summed E-state index contributed by atoms with van der Waals surface area (Å²) in [6, 6.07) is 4.06. The number of esters is 1. The number of rotatable bonds is 6. The Bertz CT molecular complexity index is 1080. The molecule has 0 saturated carbocycles. The molecule has 0 unspecified atom stereocenters. The topological polar surface area (TPSA) is 81.2 Å². The zero-order chi connectivity index (χ0) is 21.1. The van der Waals surface area contributed by atoms with Crippen LogP contribution in [0.5, 0.6) is 0 Å². The minimum absolute atomic E-state index is 0.0198. The lowest BCUT2D eigenvalue weighted by atomic mass is 10.1. The summed E-state index contributed by atoms with van der Waals surface area (Å²) in [7, 11) is 0. The third kappa shape index (κ3) is 4.80. The van der Waals surface area contributed by atoms with Crippen LogP contribution in [-0.4, -0.2) is 27.8 Å². The number of amides is 1. The summed E-state index contributed by atoms with van der Waals surface area (Å²) in [6.07, 6.45) is 0.355. The van der Waals surface area contributed by atoms with E-state index in [0.717, 1.165) is 6.07 Å². The van der Waals surface area contributed by atoms with E-state index in [1.807, 2.05) is 0 Å². The van der Waals surface area contributed by atoms with Crippen LogP contribution in [-0.2, 0) is 11.2 Å². The van der Waals surface area contributed by atoms with E-state index in [2.05, 4.69) is 14.7 Å². The first-order valence-electron chi connectivity index (χ1n) is 8.65. The van der Waals surface area contributed by atoms with Crippen LogP contribution in [0.2, 0.25) is 5.02 Å². The van der Waals surface area contributed by atoms with Crippen LogP contribution in [0.25, 0.3) is 0 Å². The van der Waals surface area contributed by atoms with Gasteiger partial charge in [0.2, 0.25) is 0 Å². The molecular weight excluding hydrogens is 437 g/mol. The maximum Gasteiger partial charge on any atom is 0.350 e. The minimum atomic E-state index is -0.616. The number of carbonyl (C=O) groups is 2. The predicted molar refractivity (Wildman–Crippen MR) is 112 cm³/mol. The van der Waals surface area contributed by atoms with E-state index in [1.54, 1.807) is 20.8 Å². The van der Waals surface area contributed by atoms with Gasteiger partial charge in [0.25, 0.3) is 5.91 Å². The molecule has 29 heavy (non-hydrogen) atoms.